The van der Waals surface area contributed by atoms with Gasteiger partial charge in [-0.05, 0) is 30.5 Å². The SMILES string of the molecule is CC(C)C[C@H](NC(=O)c1cc2ncccc2[nH]1)C(=O)NN(CCC(N)=O)C(=O)[C@@H](F)Cl. The molecular formula is C19H24ClFN6O4. The second-order valence-electron chi connectivity index (χ2n) is 7.26. The van der Waals surface area contributed by atoms with Gasteiger partial charge in [0.1, 0.15) is 11.7 Å². The highest BCUT2D eigenvalue weighted by Crippen LogP contribution is 2.13. The summed E-state index contributed by atoms with van der Waals surface area (Å²) in [7, 11) is 0. The monoisotopic (exact) mass is 454 g/mol. The summed E-state index contributed by atoms with van der Waals surface area (Å²) < 4.78 is 13.3. The zero-order valence-corrected chi connectivity index (χ0v) is 17.8. The van der Waals surface area contributed by atoms with Gasteiger partial charge in [-0.25, -0.2) is 9.40 Å². The van der Waals surface area contributed by atoms with E-state index in [0.717, 1.165) is 0 Å². The number of halogens is 2. The summed E-state index contributed by atoms with van der Waals surface area (Å²) in [4.78, 5) is 55.5. The Balaban J connectivity index is 2.16. The lowest BCUT2D eigenvalue weighted by Gasteiger charge is -2.26. The molecule has 0 radical (unpaired) electrons. The first-order valence-corrected chi connectivity index (χ1v) is 9.95. The zero-order valence-electron chi connectivity index (χ0n) is 17.0. The van der Waals surface area contributed by atoms with E-state index in [1.54, 1.807) is 24.4 Å². The van der Waals surface area contributed by atoms with Crippen LogP contribution in [0.3, 0.4) is 0 Å². The molecule has 0 aliphatic rings. The van der Waals surface area contributed by atoms with Crippen molar-refractivity contribution in [2.45, 2.75) is 38.4 Å². The molecule has 0 saturated heterocycles. The molecule has 0 saturated carbocycles. The number of carbonyl (C=O) groups excluding carboxylic acids is 4. The lowest BCUT2D eigenvalue weighted by Crippen LogP contribution is -2.56. The fraction of sp³-hybridized carbons (Fsp3) is 0.421. The molecule has 31 heavy (non-hydrogen) atoms. The summed E-state index contributed by atoms with van der Waals surface area (Å²) >= 11 is 5.18. The van der Waals surface area contributed by atoms with E-state index in [0.29, 0.717) is 16.0 Å². The number of nitrogens with two attached hydrogens (primary N) is 1. The number of H-pyrrole nitrogens is 1. The zero-order chi connectivity index (χ0) is 23.1. The summed E-state index contributed by atoms with van der Waals surface area (Å²) in [6.07, 6.45) is 1.49. The number of primary amides is 1. The number of amides is 4. The average Bonchev–Trinajstić information content (AvgIpc) is 3.13. The fourth-order valence-corrected chi connectivity index (χ4v) is 2.91. The summed E-state index contributed by atoms with van der Waals surface area (Å²) in [5.74, 6) is -3.35. The first-order chi connectivity index (χ1) is 14.6. The molecule has 0 unspecified atom stereocenters. The number of carbonyl (C=O) groups is 4. The van der Waals surface area contributed by atoms with Crippen LogP contribution in [0.2, 0.25) is 0 Å². The molecule has 2 aromatic rings. The lowest BCUT2D eigenvalue weighted by atomic mass is 10.0. The van der Waals surface area contributed by atoms with E-state index in [9.17, 15) is 23.6 Å². The fourth-order valence-electron chi connectivity index (χ4n) is 2.79. The van der Waals surface area contributed by atoms with Crippen molar-refractivity contribution in [2.24, 2.45) is 11.7 Å². The Labute approximate surface area is 182 Å². The van der Waals surface area contributed by atoms with E-state index in [1.165, 1.54) is 0 Å². The van der Waals surface area contributed by atoms with Crippen molar-refractivity contribution in [2.75, 3.05) is 6.54 Å². The molecule has 4 amide bonds. The van der Waals surface area contributed by atoms with Gasteiger partial charge in [-0.2, -0.15) is 0 Å². The van der Waals surface area contributed by atoms with Gasteiger partial charge in [0.2, 0.25) is 5.91 Å². The smallest absolute Gasteiger partial charge is 0.291 e. The second kappa shape index (κ2) is 10.7. The molecule has 2 heterocycles. The van der Waals surface area contributed by atoms with Crippen LogP contribution in [0, 0.1) is 5.92 Å². The van der Waals surface area contributed by atoms with Crippen LogP contribution < -0.4 is 16.5 Å². The molecule has 12 heteroatoms. The van der Waals surface area contributed by atoms with Crippen molar-refractivity contribution in [3.05, 3.63) is 30.1 Å². The highest BCUT2D eigenvalue weighted by atomic mass is 35.5. The number of nitrogens with one attached hydrogen (secondary N) is 3. The van der Waals surface area contributed by atoms with Gasteiger partial charge in [-0.15, -0.1) is 0 Å². The van der Waals surface area contributed by atoms with Crippen LogP contribution in [0.15, 0.2) is 24.4 Å². The van der Waals surface area contributed by atoms with Gasteiger partial charge in [-0.3, -0.25) is 29.6 Å². The highest BCUT2D eigenvalue weighted by Gasteiger charge is 2.29. The standard InChI is InChI=1S/C19H24ClFN6O4/c1-10(2)8-13(18(30)26-27(7-5-15(22)28)19(31)16(20)21)25-17(29)14-9-12-11(24-14)4-3-6-23-12/h3-4,6,9-10,13,16,24H,5,7-8H2,1-2H3,(H2,22,28)(H,25,29)(H,26,30)/t13-,16+/m0/s1. The molecule has 0 aliphatic carbocycles. The predicted molar refractivity (Wildman–Crippen MR) is 111 cm³/mol. The van der Waals surface area contributed by atoms with Gasteiger partial charge in [0.05, 0.1) is 17.6 Å². The third-order valence-corrected chi connectivity index (χ3v) is 4.43. The molecule has 5 N–H and O–H groups in total. The molecule has 0 bridgehead atoms. The molecule has 0 spiro atoms. The maximum absolute atomic E-state index is 13.3. The topological polar surface area (TPSA) is 150 Å². The Morgan fingerprint density at radius 2 is 2.03 bits per heavy atom. The molecule has 0 aliphatic heterocycles. The molecule has 2 rings (SSSR count). The molecule has 0 fully saturated rings. The van der Waals surface area contributed by atoms with E-state index in [4.69, 9.17) is 17.3 Å². The van der Waals surface area contributed by atoms with Crippen LogP contribution in [-0.4, -0.2) is 56.8 Å². The van der Waals surface area contributed by atoms with Gasteiger partial charge in [0.25, 0.3) is 23.4 Å². The minimum atomic E-state index is -2.43. The highest BCUT2D eigenvalue weighted by molar-refractivity contribution is 6.29. The van der Waals surface area contributed by atoms with E-state index in [2.05, 4.69) is 20.7 Å². The first-order valence-electron chi connectivity index (χ1n) is 9.51. The number of fused-ring (bicyclic) bond motifs is 1. The predicted octanol–water partition coefficient (Wildman–Crippen LogP) is 0.977. The van der Waals surface area contributed by atoms with E-state index < -0.39 is 35.3 Å². The number of aromatic nitrogens is 2. The van der Waals surface area contributed by atoms with Gasteiger partial charge >= 0.3 is 0 Å². The summed E-state index contributed by atoms with van der Waals surface area (Å²) in [6, 6.07) is 3.95. The van der Waals surface area contributed by atoms with Crippen LogP contribution in [0.25, 0.3) is 11.0 Å². The van der Waals surface area contributed by atoms with Gasteiger partial charge in [0.15, 0.2) is 0 Å². The largest absolute Gasteiger partial charge is 0.370 e. The number of hydrogen-bond acceptors (Lipinski definition) is 5. The molecular weight excluding hydrogens is 431 g/mol. The number of rotatable bonds is 9. The van der Waals surface area contributed by atoms with E-state index >= 15 is 0 Å². The number of nitrogens with zero attached hydrogens (tertiary/aromatic N) is 2. The van der Waals surface area contributed by atoms with Crippen molar-refractivity contribution >= 4 is 46.3 Å². The Morgan fingerprint density at radius 1 is 1.32 bits per heavy atom. The summed E-state index contributed by atoms with van der Waals surface area (Å²) in [5.41, 5.74) is 6.27. The van der Waals surface area contributed by atoms with E-state index in [-0.39, 0.29) is 31.0 Å². The summed E-state index contributed by atoms with van der Waals surface area (Å²) in [6.45, 7) is 3.31. The normalized spacial score (nSPS) is 12.9. The van der Waals surface area contributed by atoms with Crippen molar-refractivity contribution < 1.29 is 23.6 Å². The van der Waals surface area contributed by atoms with Crippen LogP contribution >= 0.6 is 11.6 Å². The number of aromatic amines is 1. The van der Waals surface area contributed by atoms with Crippen molar-refractivity contribution in [1.29, 1.82) is 0 Å². The average molecular weight is 455 g/mol. The Kier molecular flexibility index (Phi) is 8.31. The first kappa shape index (κ1) is 24.1. The molecule has 2 aromatic heterocycles. The molecule has 168 valence electrons. The lowest BCUT2D eigenvalue weighted by molar-refractivity contribution is -0.144. The van der Waals surface area contributed by atoms with Gasteiger partial charge < -0.3 is 16.0 Å². The van der Waals surface area contributed by atoms with Gasteiger partial charge in [-0.1, -0.05) is 25.4 Å². The van der Waals surface area contributed by atoms with Crippen LogP contribution in [0.4, 0.5) is 4.39 Å². The second-order valence-corrected chi connectivity index (χ2v) is 7.64. The minimum absolute atomic E-state index is 0.00264. The van der Waals surface area contributed by atoms with Crippen LogP contribution in [-0.2, 0) is 14.4 Å². The van der Waals surface area contributed by atoms with Crippen LogP contribution in [0.5, 0.6) is 0 Å². The molecule has 2 atom stereocenters. The van der Waals surface area contributed by atoms with E-state index in [1.807, 2.05) is 13.8 Å². The minimum Gasteiger partial charge on any atom is -0.370 e. The third kappa shape index (κ3) is 6.92. The van der Waals surface area contributed by atoms with Gasteiger partial charge in [0, 0.05) is 12.6 Å². The number of pyridine rings is 1. The quantitative estimate of drug-likeness (QED) is 0.329. The molecule has 0 aromatic carbocycles. The van der Waals surface area contributed by atoms with Crippen molar-refractivity contribution in [3.63, 3.8) is 0 Å². The summed E-state index contributed by atoms with van der Waals surface area (Å²) in [5, 5.41) is 3.18. The maximum atomic E-state index is 13.3. The Morgan fingerprint density at radius 3 is 2.61 bits per heavy atom. The number of hydrogen-bond donors (Lipinski definition) is 4. The number of hydrazine groups is 1. The maximum Gasteiger partial charge on any atom is 0.291 e. The third-order valence-electron chi connectivity index (χ3n) is 4.24. The Bertz CT molecular complexity index is 931. The van der Waals surface area contributed by atoms with Crippen molar-refractivity contribution in [1.82, 2.24) is 25.7 Å². The molecule has 10 nitrogen and oxygen atoms in total. The number of alkyl halides is 2. The Hall–Kier alpha value is -3.21. The van der Waals surface area contributed by atoms with Crippen molar-refractivity contribution in [3.8, 4) is 0 Å². The van der Waals surface area contributed by atoms with Crippen LogP contribution in [0.1, 0.15) is 37.2 Å².